The van der Waals surface area contributed by atoms with Gasteiger partial charge in [0.15, 0.2) is 0 Å². The summed E-state index contributed by atoms with van der Waals surface area (Å²) in [5.74, 6) is 0. The van der Waals surface area contributed by atoms with Crippen molar-refractivity contribution < 1.29 is 0 Å². The average molecular weight is 246 g/mol. The Morgan fingerprint density at radius 2 is 1.33 bits per heavy atom. The van der Waals surface area contributed by atoms with Gasteiger partial charge in [-0.3, -0.25) is 10.0 Å². The van der Waals surface area contributed by atoms with Crippen molar-refractivity contribution in [2.75, 3.05) is 37.5 Å². The van der Waals surface area contributed by atoms with Crippen LogP contribution in [-0.2, 0) is 0 Å². The molecule has 1 aromatic rings. The van der Waals surface area contributed by atoms with Gasteiger partial charge in [-0.2, -0.15) is 0 Å². The van der Waals surface area contributed by atoms with Crippen molar-refractivity contribution in [1.82, 2.24) is 10.0 Å². The lowest BCUT2D eigenvalue weighted by atomic mass is 10.2. The molecule has 0 amide bonds. The minimum atomic E-state index is 0.658. The minimum Gasteiger partial charge on any atom is -0.258 e. The zero-order valence-corrected chi connectivity index (χ0v) is 10.3. The van der Waals surface area contributed by atoms with E-state index in [2.05, 4.69) is 20.9 Å². The number of benzene rings is 1. The van der Waals surface area contributed by atoms with Crippen molar-refractivity contribution in [3.63, 3.8) is 0 Å². The SMILES string of the molecule is CN1CN(c2cccc(N3CN(C)N=N3)c2)N=N1. The van der Waals surface area contributed by atoms with Gasteiger partial charge in [-0.1, -0.05) is 16.5 Å². The topological polar surface area (TPSA) is 62.4 Å². The van der Waals surface area contributed by atoms with E-state index in [1.807, 2.05) is 48.4 Å². The molecule has 18 heavy (non-hydrogen) atoms. The van der Waals surface area contributed by atoms with E-state index in [0.717, 1.165) is 11.4 Å². The molecule has 0 bridgehead atoms. The lowest BCUT2D eigenvalue weighted by molar-refractivity contribution is 0.389. The van der Waals surface area contributed by atoms with Gasteiger partial charge in [0.2, 0.25) is 0 Å². The Balaban J connectivity index is 1.81. The normalized spacial score (nSPS) is 18.3. The van der Waals surface area contributed by atoms with E-state index in [4.69, 9.17) is 0 Å². The third-order valence-electron chi connectivity index (χ3n) is 2.70. The van der Waals surface area contributed by atoms with Crippen LogP contribution in [0.1, 0.15) is 0 Å². The van der Waals surface area contributed by atoms with Gasteiger partial charge in [0.05, 0.1) is 11.4 Å². The highest BCUT2D eigenvalue weighted by Gasteiger charge is 2.17. The van der Waals surface area contributed by atoms with Crippen LogP contribution < -0.4 is 10.0 Å². The maximum atomic E-state index is 4.07. The van der Waals surface area contributed by atoms with Crippen LogP contribution in [0.2, 0.25) is 0 Å². The molecule has 0 fully saturated rings. The highest BCUT2D eigenvalue weighted by atomic mass is 15.8. The molecule has 94 valence electrons. The van der Waals surface area contributed by atoms with Gasteiger partial charge in [0.1, 0.15) is 13.3 Å². The van der Waals surface area contributed by atoms with E-state index in [0.29, 0.717) is 13.3 Å². The summed E-state index contributed by atoms with van der Waals surface area (Å²) in [6.07, 6.45) is 0. The molecule has 0 unspecified atom stereocenters. The van der Waals surface area contributed by atoms with Gasteiger partial charge in [-0.15, -0.1) is 0 Å². The smallest absolute Gasteiger partial charge is 0.132 e. The Kier molecular flexibility index (Phi) is 2.47. The van der Waals surface area contributed by atoms with Gasteiger partial charge < -0.3 is 0 Å². The molecule has 2 aliphatic heterocycles. The van der Waals surface area contributed by atoms with E-state index in [1.54, 1.807) is 10.0 Å². The predicted octanol–water partition coefficient (Wildman–Crippen LogP) is 1.67. The van der Waals surface area contributed by atoms with Crippen molar-refractivity contribution >= 4 is 11.4 Å². The lowest BCUT2D eigenvalue weighted by Gasteiger charge is -2.17. The Labute approximate surface area is 105 Å². The molecule has 0 aromatic heterocycles. The summed E-state index contributed by atoms with van der Waals surface area (Å²) in [6.45, 7) is 1.32. The number of anilines is 2. The molecule has 0 radical (unpaired) electrons. The maximum Gasteiger partial charge on any atom is 0.132 e. The molecule has 3 rings (SSSR count). The third-order valence-corrected chi connectivity index (χ3v) is 2.70. The fourth-order valence-electron chi connectivity index (χ4n) is 1.81. The van der Waals surface area contributed by atoms with Crippen molar-refractivity contribution in [1.29, 1.82) is 0 Å². The Morgan fingerprint density at radius 3 is 1.72 bits per heavy atom. The summed E-state index contributed by atoms with van der Waals surface area (Å²) >= 11 is 0. The molecule has 0 spiro atoms. The summed E-state index contributed by atoms with van der Waals surface area (Å²) in [7, 11) is 3.77. The number of hydrogen-bond acceptors (Lipinski definition) is 8. The molecule has 8 nitrogen and oxygen atoms in total. The zero-order valence-electron chi connectivity index (χ0n) is 10.3. The molecular weight excluding hydrogens is 232 g/mol. The Bertz CT molecular complexity index is 457. The second-order valence-corrected chi connectivity index (χ2v) is 4.27. The summed E-state index contributed by atoms with van der Waals surface area (Å²) < 4.78 is 0. The molecule has 2 aliphatic rings. The van der Waals surface area contributed by atoms with Crippen LogP contribution in [-0.4, -0.2) is 37.5 Å². The molecule has 2 heterocycles. The van der Waals surface area contributed by atoms with Crippen LogP contribution in [0.5, 0.6) is 0 Å². The first-order chi connectivity index (χ1) is 8.72. The molecular formula is C10H14N8. The summed E-state index contributed by atoms with van der Waals surface area (Å²) in [6, 6.07) is 8.00. The number of hydrogen-bond donors (Lipinski definition) is 0. The quantitative estimate of drug-likeness (QED) is 0.796. The van der Waals surface area contributed by atoms with Crippen molar-refractivity contribution in [2.24, 2.45) is 20.9 Å². The largest absolute Gasteiger partial charge is 0.258 e. The molecule has 0 saturated carbocycles. The van der Waals surface area contributed by atoms with Gasteiger partial charge in [0, 0.05) is 14.1 Å². The van der Waals surface area contributed by atoms with Gasteiger partial charge in [0.25, 0.3) is 0 Å². The molecule has 8 heteroatoms. The number of rotatable bonds is 2. The van der Waals surface area contributed by atoms with Crippen LogP contribution in [0, 0.1) is 0 Å². The lowest BCUT2D eigenvalue weighted by Crippen LogP contribution is -2.23. The fourth-order valence-corrected chi connectivity index (χ4v) is 1.81. The molecule has 0 atom stereocenters. The monoisotopic (exact) mass is 246 g/mol. The van der Waals surface area contributed by atoms with E-state index >= 15 is 0 Å². The van der Waals surface area contributed by atoms with E-state index in [1.165, 1.54) is 0 Å². The van der Waals surface area contributed by atoms with Gasteiger partial charge in [-0.25, -0.2) is 10.0 Å². The van der Waals surface area contributed by atoms with Gasteiger partial charge >= 0.3 is 0 Å². The highest BCUT2D eigenvalue weighted by Crippen LogP contribution is 2.26. The van der Waals surface area contributed by atoms with E-state index in [-0.39, 0.29) is 0 Å². The summed E-state index contributed by atoms with van der Waals surface area (Å²) in [5, 5.41) is 23.3. The average Bonchev–Trinajstić information content (AvgIpc) is 2.98. The van der Waals surface area contributed by atoms with Crippen LogP contribution in [0.3, 0.4) is 0 Å². The fraction of sp³-hybridized carbons (Fsp3) is 0.400. The Morgan fingerprint density at radius 1 is 0.833 bits per heavy atom. The zero-order chi connectivity index (χ0) is 12.5. The highest BCUT2D eigenvalue weighted by molar-refractivity contribution is 5.58. The first kappa shape index (κ1) is 10.8. The van der Waals surface area contributed by atoms with E-state index in [9.17, 15) is 0 Å². The Hall–Kier alpha value is -2.38. The second-order valence-electron chi connectivity index (χ2n) is 4.27. The van der Waals surface area contributed by atoms with Crippen molar-refractivity contribution in [3.05, 3.63) is 24.3 Å². The standard InChI is InChI=1S/C10H14N8/c1-15-7-17(13-11-15)9-4-3-5-10(6-9)18-8-16(2)12-14-18/h3-6H,7-8H2,1-2H3. The summed E-state index contributed by atoms with van der Waals surface area (Å²) in [5.41, 5.74) is 1.98. The van der Waals surface area contributed by atoms with Crippen LogP contribution in [0.25, 0.3) is 0 Å². The summed E-state index contributed by atoms with van der Waals surface area (Å²) in [4.78, 5) is 0. The first-order valence-electron chi connectivity index (χ1n) is 5.63. The van der Waals surface area contributed by atoms with Crippen molar-refractivity contribution in [2.45, 2.75) is 0 Å². The van der Waals surface area contributed by atoms with Gasteiger partial charge in [-0.05, 0) is 28.6 Å². The molecule has 0 saturated heterocycles. The van der Waals surface area contributed by atoms with Crippen molar-refractivity contribution in [3.8, 4) is 0 Å². The molecule has 0 N–H and O–H groups in total. The second kappa shape index (κ2) is 4.13. The van der Waals surface area contributed by atoms with E-state index < -0.39 is 0 Å². The minimum absolute atomic E-state index is 0.658. The van der Waals surface area contributed by atoms with Crippen LogP contribution in [0.4, 0.5) is 11.4 Å². The third kappa shape index (κ3) is 1.92. The number of nitrogens with zero attached hydrogens (tertiary/aromatic N) is 8. The van der Waals surface area contributed by atoms with Crippen LogP contribution >= 0.6 is 0 Å². The first-order valence-corrected chi connectivity index (χ1v) is 5.63. The molecule has 1 aromatic carbocycles. The van der Waals surface area contributed by atoms with Crippen LogP contribution in [0.15, 0.2) is 45.2 Å². The predicted molar refractivity (Wildman–Crippen MR) is 66.4 cm³/mol. The maximum absolute atomic E-state index is 4.07. The molecule has 0 aliphatic carbocycles.